The third kappa shape index (κ3) is 3.70. The molecule has 0 aromatic rings. The molecule has 0 bridgehead atoms. The zero-order valence-electron chi connectivity index (χ0n) is 11.4. The van der Waals surface area contributed by atoms with E-state index in [4.69, 9.17) is 4.74 Å². The number of carboxylic acid groups (broad SMARTS) is 1. The van der Waals surface area contributed by atoms with Gasteiger partial charge in [-0.2, -0.15) is 0 Å². The second-order valence-electron chi connectivity index (χ2n) is 5.38. The molecule has 0 radical (unpaired) electrons. The van der Waals surface area contributed by atoms with Gasteiger partial charge in [0.05, 0.1) is 5.92 Å². The first-order valence-corrected chi connectivity index (χ1v) is 6.47. The number of carboxylic acids is 1. The maximum Gasteiger partial charge on any atom is 0.308 e. The molecule has 5 nitrogen and oxygen atoms in total. The Morgan fingerprint density at radius 2 is 1.83 bits per heavy atom. The molecule has 1 amide bonds. The van der Waals surface area contributed by atoms with Crippen molar-refractivity contribution in [2.24, 2.45) is 5.92 Å². The van der Waals surface area contributed by atoms with Gasteiger partial charge in [-0.05, 0) is 26.7 Å². The van der Waals surface area contributed by atoms with E-state index in [-0.39, 0.29) is 11.9 Å². The highest BCUT2D eigenvalue weighted by Crippen LogP contribution is 2.24. The predicted octanol–water partition coefficient (Wildman–Crippen LogP) is 1.56. The van der Waals surface area contributed by atoms with Crippen molar-refractivity contribution >= 4 is 11.9 Å². The SMILES string of the molecule is COC(C)(C)C(=O)NC1CCCCCC1C(=O)O. The zero-order valence-corrected chi connectivity index (χ0v) is 11.4. The lowest BCUT2D eigenvalue weighted by molar-refractivity contribution is -0.145. The number of rotatable bonds is 4. The van der Waals surface area contributed by atoms with Crippen molar-refractivity contribution in [3.05, 3.63) is 0 Å². The Kier molecular flexibility index (Phi) is 5.14. The molecule has 5 heteroatoms. The fourth-order valence-corrected chi connectivity index (χ4v) is 2.21. The quantitative estimate of drug-likeness (QED) is 0.749. The third-order valence-corrected chi connectivity index (χ3v) is 3.71. The van der Waals surface area contributed by atoms with Crippen LogP contribution in [0.1, 0.15) is 46.0 Å². The molecule has 2 unspecified atom stereocenters. The van der Waals surface area contributed by atoms with E-state index in [1.54, 1.807) is 13.8 Å². The van der Waals surface area contributed by atoms with Crippen LogP contribution >= 0.6 is 0 Å². The van der Waals surface area contributed by atoms with Gasteiger partial charge in [-0.1, -0.05) is 19.3 Å². The lowest BCUT2D eigenvalue weighted by atomic mass is 9.94. The Morgan fingerprint density at radius 1 is 1.22 bits per heavy atom. The van der Waals surface area contributed by atoms with Gasteiger partial charge in [-0.3, -0.25) is 9.59 Å². The topological polar surface area (TPSA) is 75.6 Å². The number of ether oxygens (including phenoxy) is 1. The van der Waals surface area contributed by atoms with E-state index in [0.717, 1.165) is 25.7 Å². The van der Waals surface area contributed by atoms with E-state index in [1.807, 2.05) is 0 Å². The van der Waals surface area contributed by atoms with Crippen LogP contribution in [0.4, 0.5) is 0 Å². The zero-order chi connectivity index (χ0) is 13.8. The number of hydrogen-bond donors (Lipinski definition) is 2. The Hall–Kier alpha value is -1.10. The van der Waals surface area contributed by atoms with Crippen molar-refractivity contribution in [1.29, 1.82) is 0 Å². The average molecular weight is 257 g/mol. The Labute approximate surface area is 108 Å². The van der Waals surface area contributed by atoms with Crippen LogP contribution < -0.4 is 5.32 Å². The minimum Gasteiger partial charge on any atom is -0.481 e. The summed E-state index contributed by atoms with van der Waals surface area (Å²) in [7, 11) is 1.47. The number of amides is 1. The Morgan fingerprint density at radius 3 is 2.39 bits per heavy atom. The first kappa shape index (κ1) is 15.0. The number of carbonyl (C=O) groups is 2. The van der Waals surface area contributed by atoms with Crippen molar-refractivity contribution in [1.82, 2.24) is 5.32 Å². The van der Waals surface area contributed by atoms with Crippen LogP contribution in [0.5, 0.6) is 0 Å². The fourth-order valence-electron chi connectivity index (χ4n) is 2.21. The van der Waals surface area contributed by atoms with Gasteiger partial charge in [0.25, 0.3) is 5.91 Å². The molecular formula is C13H23NO4. The van der Waals surface area contributed by atoms with Crippen molar-refractivity contribution in [3.63, 3.8) is 0 Å². The molecule has 18 heavy (non-hydrogen) atoms. The second-order valence-corrected chi connectivity index (χ2v) is 5.38. The molecule has 2 N–H and O–H groups in total. The molecule has 1 aliphatic rings. The van der Waals surface area contributed by atoms with Crippen molar-refractivity contribution in [2.75, 3.05) is 7.11 Å². The molecule has 1 saturated carbocycles. The molecule has 1 fully saturated rings. The molecule has 0 saturated heterocycles. The largest absolute Gasteiger partial charge is 0.481 e. The summed E-state index contributed by atoms with van der Waals surface area (Å²) in [4.78, 5) is 23.3. The van der Waals surface area contributed by atoms with Crippen molar-refractivity contribution in [2.45, 2.75) is 57.6 Å². The molecule has 2 atom stereocenters. The van der Waals surface area contributed by atoms with E-state index in [9.17, 15) is 14.7 Å². The van der Waals surface area contributed by atoms with E-state index < -0.39 is 17.5 Å². The predicted molar refractivity (Wildman–Crippen MR) is 67.2 cm³/mol. The van der Waals surface area contributed by atoms with Gasteiger partial charge in [-0.25, -0.2) is 0 Å². The number of hydrogen-bond acceptors (Lipinski definition) is 3. The first-order valence-electron chi connectivity index (χ1n) is 6.47. The Balaban J connectivity index is 2.72. The summed E-state index contributed by atoms with van der Waals surface area (Å²) in [6, 6.07) is -0.285. The summed E-state index contributed by atoms with van der Waals surface area (Å²) >= 11 is 0. The molecule has 104 valence electrons. The van der Waals surface area contributed by atoms with Gasteiger partial charge in [0.2, 0.25) is 0 Å². The van der Waals surface area contributed by atoms with E-state index >= 15 is 0 Å². The van der Waals surface area contributed by atoms with Crippen LogP contribution in [-0.2, 0) is 14.3 Å². The molecule has 1 aliphatic carbocycles. The first-order chi connectivity index (χ1) is 8.38. The number of carbonyl (C=O) groups excluding carboxylic acids is 1. The summed E-state index contributed by atoms with van der Waals surface area (Å²) in [6.07, 6.45) is 4.26. The monoisotopic (exact) mass is 257 g/mol. The van der Waals surface area contributed by atoms with Crippen LogP contribution in [0.3, 0.4) is 0 Å². The van der Waals surface area contributed by atoms with Gasteiger partial charge >= 0.3 is 5.97 Å². The minimum atomic E-state index is -0.921. The van der Waals surface area contributed by atoms with E-state index in [2.05, 4.69) is 5.32 Å². The van der Waals surface area contributed by atoms with Gasteiger partial charge in [0.1, 0.15) is 5.60 Å². The third-order valence-electron chi connectivity index (χ3n) is 3.71. The highest BCUT2D eigenvalue weighted by molar-refractivity contribution is 5.85. The average Bonchev–Trinajstić information content (AvgIpc) is 2.54. The molecule has 0 spiro atoms. The van der Waals surface area contributed by atoms with Crippen molar-refractivity contribution in [3.8, 4) is 0 Å². The maximum absolute atomic E-state index is 12.0. The van der Waals surface area contributed by atoms with Crippen LogP contribution in [0.15, 0.2) is 0 Å². The molecule has 0 heterocycles. The molecule has 0 aliphatic heterocycles. The van der Waals surface area contributed by atoms with Gasteiger partial charge < -0.3 is 15.2 Å². The fraction of sp³-hybridized carbons (Fsp3) is 0.846. The number of nitrogens with one attached hydrogen (secondary N) is 1. The van der Waals surface area contributed by atoms with Crippen molar-refractivity contribution < 1.29 is 19.4 Å². The normalized spacial score (nSPS) is 25.3. The number of aliphatic carboxylic acids is 1. The molecule has 0 aromatic heterocycles. The lowest BCUT2D eigenvalue weighted by Gasteiger charge is -2.28. The Bertz CT molecular complexity index is 314. The summed E-state index contributed by atoms with van der Waals surface area (Å²) in [5.41, 5.74) is -0.921. The minimum absolute atomic E-state index is 0.247. The van der Waals surface area contributed by atoms with Gasteiger partial charge in [-0.15, -0.1) is 0 Å². The summed E-state index contributed by atoms with van der Waals surface area (Å²) in [5.74, 6) is -1.55. The summed E-state index contributed by atoms with van der Waals surface area (Å²) in [5, 5.41) is 12.1. The highest BCUT2D eigenvalue weighted by atomic mass is 16.5. The second kappa shape index (κ2) is 6.18. The number of methoxy groups -OCH3 is 1. The van der Waals surface area contributed by atoms with Gasteiger partial charge in [0, 0.05) is 13.2 Å². The molecule has 0 aromatic carbocycles. The maximum atomic E-state index is 12.0. The van der Waals surface area contributed by atoms with Crippen LogP contribution in [0, 0.1) is 5.92 Å². The summed E-state index contributed by atoms with van der Waals surface area (Å²) < 4.78 is 5.11. The van der Waals surface area contributed by atoms with Gasteiger partial charge in [0.15, 0.2) is 0 Å². The molecular weight excluding hydrogens is 234 g/mol. The van der Waals surface area contributed by atoms with E-state index in [0.29, 0.717) is 6.42 Å². The van der Waals surface area contributed by atoms with Crippen LogP contribution in [0.2, 0.25) is 0 Å². The lowest BCUT2D eigenvalue weighted by Crippen LogP contribution is -2.51. The smallest absolute Gasteiger partial charge is 0.308 e. The molecule has 1 rings (SSSR count). The van der Waals surface area contributed by atoms with Crippen LogP contribution in [0.25, 0.3) is 0 Å². The van der Waals surface area contributed by atoms with Crippen LogP contribution in [-0.4, -0.2) is 35.7 Å². The highest BCUT2D eigenvalue weighted by Gasteiger charge is 2.34. The summed E-state index contributed by atoms with van der Waals surface area (Å²) in [6.45, 7) is 3.35. The standard InChI is InChI=1S/C13H23NO4/c1-13(2,18-3)12(17)14-10-8-6-4-5-7-9(10)11(15)16/h9-10H,4-8H2,1-3H3,(H,14,17)(H,15,16). The van der Waals surface area contributed by atoms with E-state index in [1.165, 1.54) is 7.11 Å².